The van der Waals surface area contributed by atoms with Gasteiger partial charge in [-0.3, -0.25) is 33.6 Å². The van der Waals surface area contributed by atoms with Gasteiger partial charge in [0.25, 0.3) is 0 Å². The molecule has 11 atom stereocenters. The summed E-state index contributed by atoms with van der Waals surface area (Å²) in [7, 11) is 4.00. The van der Waals surface area contributed by atoms with Crippen LogP contribution in [0.5, 0.6) is 0 Å². The lowest BCUT2D eigenvalue weighted by Gasteiger charge is -2.39. The Balaban J connectivity index is 1.67. The number of methoxy groups -OCH3 is 1. The molecule has 3 aromatic rings. The van der Waals surface area contributed by atoms with Crippen molar-refractivity contribution in [3.8, 4) is 0 Å². The third kappa shape index (κ3) is 14.5. The molecule has 0 unspecified atom stereocenters. The molecule has 75 heavy (non-hydrogen) atoms. The molecule has 2 aliphatic rings. The number of cyclic esters (lactones) is 1. The number of esters is 1. The number of carboxylic acid groups (broad SMARTS) is 1. The van der Waals surface area contributed by atoms with Gasteiger partial charge < -0.3 is 55.4 Å². The first-order chi connectivity index (χ1) is 35.6. The number of oxazole rings is 1. The van der Waals surface area contributed by atoms with Crippen molar-refractivity contribution < 1.29 is 62.1 Å². The van der Waals surface area contributed by atoms with E-state index in [0.717, 1.165) is 10.5 Å². The summed E-state index contributed by atoms with van der Waals surface area (Å²) < 4.78 is 18.0. The number of carbonyl (C=O) groups excluding carboxylic acids is 8. The van der Waals surface area contributed by atoms with Gasteiger partial charge in [0.1, 0.15) is 48.3 Å². The first-order valence-corrected chi connectivity index (χ1v) is 25.3. The van der Waals surface area contributed by atoms with Crippen LogP contribution in [0.1, 0.15) is 115 Å². The number of nitrogens with zero attached hydrogens (tertiary/aromatic N) is 4. The van der Waals surface area contributed by atoms with Crippen LogP contribution in [-0.2, 0) is 59.0 Å². The van der Waals surface area contributed by atoms with E-state index in [2.05, 4.69) is 20.9 Å². The number of hydrogen-bond donors (Lipinski definition) is 5. The molecule has 2 aromatic carbocycles. The lowest BCUT2D eigenvalue weighted by molar-refractivity contribution is -0.163. The summed E-state index contributed by atoms with van der Waals surface area (Å²) in [6, 6.07) is 9.03. The summed E-state index contributed by atoms with van der Waals surface area (Å²) in [6.07, 6.45) is 0.302. The average molecular weight is 1040 g/mol. The fraction of sp³-hybridized carbons (Fsp3) is 0.519. The van der Waals surface area contributed by atoms with Crippen molar-refractivity contribution in [1.29, 1.82) is 0 Å². The highest BCUT2D eigenvalue weighted by molar-refractivity contribution is 5.98. The minimum absolute atomic E-state index is 0.00737. The fourth-order valence-electron chi connectivity index (χ4n) is 9.48. The van der Waals surface area contributed by atoms with E-state index < -0.39 is 132 Å². The molecule has 2 saturated heterocycles. The van der Waals surface area contributed by atoms with Crippen LogP contribution in [0.2, 0.25) is 0 Å². The predicted octanol–water partition coefficient (Wildman–Crippen LogP) is 3.48. The standard InChI is InChI=1S/C54H72N8O13/c1-10-30(3)43-49(67)56-36(27-40(55)63)51(68)62-26-18-23-39(62)48(66)59-42(46(73-9)35-21-16-13-17-22-35)54(72)75-45(38-29-74-50(58-38)32(5)24-25-34-19-14-12-15-20-34)33(6)47(65)57-37(53(70)71)28-41(64)60(7)44(31(4)11-2)52(69)61(43)8/h12-17,19-22,24,29-31,33,36-37,39,42-46H,10-11,18,23,25-28H2,1-9H3,(H2,55,63)(H,56,67)(H,57,65)(H,59,66)(H,70,71)/b32-24-/t30-,31+,33+,36-,37+,39-,42-,43-,44+,45-,46+/m0/s1. The van der Waals surface area contributed by atoms with Gasteiger partial charge in [-0.2, -0.15) is 0 Å². The quantitative estimate of drug-likeness (QED) is 0.145. The molecular formula is C54H72N8O13. The van der Waals surface area contributed by atoms with Crippen LogP contribution >= 0.6 is 0 Å². The van der Waals surface area contributed by atoms with Gasteiger partial charge >= 0.3 is 11.9 Å². The van der Waals surface area contributed by atoms with Gasteiger partial charge in [0.2, 0.25) is 47.2 Å². The number of hydrogen-bond acceptors (Lipinski definition) is 13. The van der Waals surface area contributed by atoms with Gasteiger partial charge in [0.15, 0.2) is 12.1 Å². The molecular weight excluding hydrogens is 969 g/mol. The number of primary amides is 1. The topological polar surface area (TPSA) is 290 Å². The van der Waals surface area contributed by atoms with E-state index in [1.165, 1.54) is 44.2 Å². The van der Waals surface area contributed by atoms with Crippen LogP contribution in [0.4, 0.5) is 0 Å². The number of nitrogens with one attached hydrogen (secondary N) is 3. The molecule has 21 nitrogen and oxygen atoms in total. The molecule has 3 heterocycles. The van der Waals surface area contributed by atoms with Crippen molar-refractivity contribution in [3.63, 3.8) is 0 Å². The molecule has 0 spiro atoms. The van der Waals surface area contributed by atoms with E-state index in [1.54, 1.807) is 65.0 Å². The number of nitrogens with two attached hydrogens (primary N) is 1. The van der Waals surface area contributed by atoms with Crippen LogP contribution in [0.15, 0.2) is 77.4 Å². The van der Waals surface area contributed by atoms with Crippen molar-refractivity contribution in [3.05, 3.63) is 95.7 Å². The Bertz CT molecular complexity index is 2550. The molecule has 1 aromatic heterocycles. The Morgan fingerprint density at radius 2 is 1.49 bits per heavy atom. The SMILES string of the molecule is CC[C@@H](C)[C@@H]1C(=O)N(C)[C@@H]([C@@H](C)CC)C(=O)N[C@@H](CC(N)=O)C(=O)N2CCC[C@H]2C(=O)N[C@@H]([C@H](OC)c2ccccc2)C(=O)O[C@H](c2coc(/C(C)=C\Cc3ccccc3)n2)[C@@H](C)C(=O)N[C@@H](C(=O)O)CC(=O)N1C. The predicted molar refractivity (Wildman–Crippen MR) is 273 cm³/mol. The fourth-order valence-corrected chi connectivity index (χ4v) is 9.48. The molecule has 2 fully saturated rings. The minimum Gasteiger partial charge on any atom is -0.480 e. The maximum atomic E-state index is 15.0. The van der Waals surface area contributed by atoms with Gasteiger partial charge in [-0.15, -0.1) is 0 Å². The van der Waals surface area contributed by atoms with Gasteiger partial charge in [-0.05, 0) is 56.1 Å². The lowest BCUT2D eigenvalue weighted by atomic mass is 9.92. The van der Waals surface area contributed by atoms with Crippen molar-refractivity contribution in [1.82, 2.24) is 35.6 Å². The zero-order valence-corrected chi connectivity index (χ0v) is 44.1. The second kappa shape index (κ2) is 26.7. The first-order valence-electron chi connectivity index (χ1n) is 25.3. The molecule has 406 valence electrons. The van der Waals surface area contributed by atoms with Crippen LogP contribution in [0.25, 0.3) is 5.57 Å². The van der Waals surface area contributed by atoms with E-state index in [-0.39, 0.29) is 24.6 Å². The highest BCUT2D eigenvalue weighted by Crippen LogP contribution is 2.32. The first kappa shape index (κ1) is 58.5. The summed E-state index contributed by atoms with van der Waals surface area (Å²) >= 11 is 0. The van der Waals surface area contributed by atoms with Crippen molar-refractivity contribution in [2.75, 3.05) is 27.7 Å². The summed E-state index contributed by atoms with van der Waals surface area (Å²) in [5.74, 6) is -11.1. The monoisotopic (exact) mass is 1040 g/mol. The molecule has 5 rings (SSSR count). The van der Waals surface area contributed by atoms with Crippen molar-refractivity contribution in [2.24, 2.45) is 23.5 Å². The lowest BCUT2D eigenvalue weighted by Crippen LogP contribution is -2.61. The number of allylic oxidation sites excluding steroid dienone is 2. The summed E-state index contributed by atoms with van der Waals surface area (Å²) in [5.41, 5.74) is 7.61. The molecule has 0 bridgehead atoms. The van der Waals surface area contributed by atoms with E-state index in [1.807, 2.05) is 36.4 Å². The number of fused-ring (bicyclic) bond motifs is 1. The van der Waals surface area contributed by atoms with Gasteiger partial charge in [-0.25, -0.2) is 14.6 Å². The number of carbonyl (C=O) groups is 9. The molecule has 0 aliphatic carbocycles. The number of likely N-dealkylation sites (N-methyl/N-ethyl adjacent to an activating group) is 2. The number of amides is 7. The molecule has 7 amide bonds. The van der Waals surface area contributed by atoms with Crippen LogP contribution in [-0.4, -0.2) is 142 Å². The molecule has 0 radical (unpaired) electrons. The number of aromatic nitrogens is 1. The van der Waals surface area contributed by atoms with Crippen molar-refractivity contribution >= 4 is 58.9 Å². The third-order valence-corrected chi connectivity index (χ3v) is 14.3. The molecule has 6 N–H and O–H groups in total. The maximum absolute atomic E-state index is 15.0. The molecule has 21 heteroatoms. The Hall–Kier alpha value is -7.42. The molecule has 2 aliphatic heterocycles. The summed E-state index contributed by atoms with van der Waals surface area (Å²) in [5, 5.41) is 18.3. The Labute approximate surface area is 437 Å². The highest BCUT2D eigenvalue weighted by atomic mass is 16.6. The Morgan fingerprint density at radius 1 is 0.867 bits per heavy atom. The van der Waals surface area contributed by atoms with E-state index in [0.29, 0.717) is 36.8 Å². The summed E-state index contributed by atoms with van der Waals surface area (Å²) in [4.78, 5) is 136. The smallest absolute Gasteiger partial charge is 0.332 e. The number of rotatable bonds is 14. The van der Waals surface area contributed by atoms with Crippen LogP contribution in [0.3, 0.4) is 0 Å². The highest BCUT2D eigenvalue weighted by Gasteiger charge is 2.46. The zero-order chi connectivity index (χ0) is 55.3. The van der Waals surface area contributed by atoms with E-state index in [9.17, 15) is 48.3 Å². The van der Waals surface area contributed by atoms with E-state index in [4.69, 9.17) is 19.6 Å². The largest absolute Gasteiger partial charge is 0.480 e. The van der Waals surface area contributed by atoms with Crippen LogP contribution in [0, 0.1) is 17.8 Å². The average Bonchev–Trinajstić information content (AvgIpc) is 4.10. The van der Waals surface area contributed by atoms with E-state index >= 15 is 0 Å². The van der Waals surface area contributed by atoms with Gasteiger partial charge in [-0.1, -0.05) is 107 Å². The zero-order valence-electron chi connectivity index (χ0n) is 44.1. The van der Waals surface area contributed by atoms with Gasteiger partial charge in [0, 0.05) is 33.3 Å². The third-order valence-electron chi connectivity index (χ3n) is 14.3. The van der Waals surface area contributed by atoms with Gasteiger partial charge in [0.05, 0.1) is 18.8 Å². The molecule has 0 saturated carbocycles. The van der Waals surface area contributed by atoms with Crippen LogP contribution < -0.4 is 21.7 Å². The number of carboxylic acids is 1. The summed E-state index contributed by atoms with van der Waals surface area (Å²) in [6.45, 7) is 10.1. The maximum Gasteiger partial charge on any atom is 0.332 e. The second-order valence-electron chi connectivity index (χ2n) is 19.5. The number of aliphatic carboxylic acids is 1. The second-order valence-corrected chi connectivity index (χ2v) is 19.5. The Morgan fingerprint density at radius 3 is 2.09 bits per heavy atom. The number of benzene rings is 2. The Kier molecular flexibility index (Phi) is 20.8. The van der Waals surface area contributed by atoms with Crippen molar-refractivity contribution in [2.45, 2.75) is 135 Å². The normalized spacial score (nSPS) is 25.6. The minimum atomic E-state index is -1.87. The number of ether oxygens (including phenoxy) is 2.